The van der Waals surface area contributed by atoms with E-state index in [4.69, 9.17) is 9.72 Å². The Labute approximate surface area is 347 Å². The Kier molecular flexibility index (Phi) is 11.6. The molecule has 5 amide bonds. The number of hydrogen-bond acceptors (Lipinski definition) is 12. The highest BCUT2D eigenvalue weighted by atomic mass is 32.1. The lowest BCUT2D eigenvalue weighted by molar-refractivity contribution is -0.136. The van der Waals surface area contributed by atoms with Crippen LogP contribution in [0.3, 0.4) is 0 Å². The summed E-state index contributed by atoms with van der Waals surface area (Å²) in [6.07, 6.45) is 6.33. The summed E-state index contributed by atoms with van der Waals surface area (Å²) in [6.45, 7) is 9.36. The number of carbonyl (C=O) groups is 5. The Morgan fingerprint density at radius 3 is 2.56 bits per heavy atom. The van der Waals surface area contributed by atoms with Gasteiger partial charge in [-0.25, -0.2) is 9.97 Å². The lowest BCUT2D eigenvalue weighted by Gasteiger charge is -2.37. The van der Waals surface area contributed by atoms with Crippen LogP contribution in [0.5, 0.6) is 0 Å². The third-order valence-corrected chi connectivity index (χ3v) is 13.2. The van der Waals surface area contributed by atoms with Crippen molar-refractivity contribution in [2.24, 2.45) is 5.92 Å². The second-order valence-corrected chi connectivity index (χ2v) is 17.9. The summed E-state index contributed by atoms with van der Waals surface area (Å²) in [5.74, 6) is -1.41. The van der Waals surface area contributed by atoms with Gasteiger partial charge in [-0.2, -0.15) is 0 Å². The van der Waals surface area contributed by atoms with E-state index in [2.05, 4.69) is 25.8 Å². The van der Waals surface area contributed by atoms with Gasteiger partial charge in [0.2, 0.25) is 11.8 Å². The molecule has 0 bridgehead atoms. The first-order valence-corrected chi connectivity index (χ1v) is 21.5. The molecule has 8 rings (SSSR count). The summed E-state index contributed by atoms with van der Waals surface area (Å²) in [4.78, 5) is 76.8. The highest BCUT2D eigenvalue weighted by Gasteiger charge is 2.45. The minimum absolute atomic E-state index is 0.0783. The monoisotopic (exact) mass is 821 g/mol. The Morgan fingerprint density at radius 1 is 1.00 bits per heavy atom. The van der Waals surface area contributed by atoms with Gasteiger partial charge in [0.15, 0.2) is 0 Å². The molecule has 3 aliphatic heterocycles. The van der Waals surface area contributed by atoms with E-state index < -0.39 is 35.3 Å². The van der Waals surface area contributed by atoms with Crippen molar-refractivity contribution < 1.29 is 33.8 Å². The maximum atomic E-state index is 13.4. The summed E-state index contributed by atoms with van der Waals surface area (Å²) in [7, 11) is 0. The summed E-state index contributed by atoms with van der Waals surface area (Å²) in [5, 5.41) is 20.7. The molecule has 59 heavy (non-hydrogen) atoms. The Hall–Kier alpha value is -5.09. The largest absolute Gasteiger partial charge is 0.386 e. The zero-order valence-electron chi connectivity index (χ0n) is 33.7. The standard InChI is InChI=1S/C44H51N7O7S/c1-25-7-4-11-32(46-25)39(53)47-33-22-36-34(21-30(33)44(2,3)57)48-41(59-36)27-14-12-26(13-15-27)23-50-19-20-58-28(24-50)8-6-18-45-31-10-5-9-29-38(31)43(56)51(42(29)55)35-16-17-37(52)49-40(35)54/h4-5,7,9-11,21-22,26-28,35,45,57H,6,8,12-20,23-24H2,1-3H3,(H,47,53)(H,49,52,54)/t26?,27?,28-,35?/m0/s1. The van der Waals surface area contributed by atoms with E-state index in [-0.39, 0.29) is 36.0 Å². The maximum Gasteiger partial charge on any atom is 0.274 e. The van der Waals surface area contributed by atoms with Crippen LogP contribution in [0, 0.1) is 12.8 Å². The van der Waals surface area contributed by atoms with Crippen LogP contribution in [0.25, 0.3) is 10.2 Å². The number of piperidine rings is 1. The first kappa shape index (κ1) is 40.7. The van der Waals surface area contributed by atoms with E-state index in [0.717, 1.165) is 84.0 Å². The van der Waals surface area contributed by atoms with Crippen LogP contribution in [0.1, 0.15) is 119 Å². The predicted octanol–water partition coefficient (Wildman–Crippen LogP) is 5.75. The van der Waals surface area contributed by atoms with Gasteiger partial charge in [0.25, 0.3) is 17.7 Å². The number of nitrogens with zero attached hydrogens (tertiary/aromatic N) is 4. The van der Waals surface area contributed by atoms with Crippen molar-refractivity contribution >= 4 is 62.5 Å². The SMILES string of the molecule is Cc1cccc(C(=O)Nc2cc3sc(C4CCC(CN5CCO[C@@H](CCCNc6cccc7c6C(=O)N(C6CCC(=O)NC6=O)C7=O)C5)CC4)nc3cc2C(C)(C)O)n1. The minimum Gasteiger partial charge on any atom is -0.386 e. The number of aromatic nitrogens is 2. The number of aliphatic hydroxyl groups is 1. The number of carbonyl (C=O) groups excluding carboxylic acids is 5. The van der Waals surface area contributed by atoms with Crippen molar-refractivity contribution in [3.8, 4) is 0 Å². The van der Waals surface area contributed by atoms with Crippen LogP contribution in [0.4, 0.5) is 11.4 Å². The fraction of sp³-hybridized carbons (Fsp3) is 0.477. The normalized spacial score (nSPS) is 22.7. The third-order valence-electron chi connectivity index (χ3n) is 12.0. The third kappa shape index (κ3) is 8.79. The molecule has 2 saturated heterocycles. The number of nitrogens with one attached hydrogen (secondary N) is 3. The number of benzene rings is 2. The minimum atomic E-state index is -1.19. The van der Waals surface area contributed by atoms with Gasteiger partial charge in [0.1, 0.15) is 11.7 Å². The molecule has 14 nitrogen and oxygen atoms in total. The van der Waals surface area contributed by atoms with Crippen LogP contribution in [0.2, 0.25) is 0 Å². The number of rotatable bonds is 12. The molecule has 2 aromatic carbocycles. The van der Waals surface area contributed by atoms with Crippen LogP contribution in [0.15, 0.2) is 48.5 Å². The van der Waals surface area contributed by atoms with E-state index in [1.807, 2.05) is 25.1 Å². The van der Waals surface area contributed by atoms with Gasteiger partial charge in [-0.15, -0.1) is 11.3 Å². The molecular formula is C44H51N7O7S. The van der Waals surface area contributed by atoms with Crippen molar-refractivity contribution in [2.45, 2.75) is 95.8 Å². The number of ether oxygens (including phenoxy) is 1. The van der Waals surface area contributed by atoms with Gasteiger partial charge in [-0.05, 0) is 108 Å². The molecule has 4 aromatic rings. The molecule has 2 atom stereocenters. The molecule has 310 valence electrons. The first-order valence-electron chi connectivity index (χ1n) is 20.7. The van der Waals surface area contributed by atoms with E-state index in [0.29, 0.717) is 47.6 Å². The highest BCUT2D eigenvalue weighted by molar-refractivity contribution is 7.18. The summed E-state index contributed by atoms with van der Waals surface area (Å²) >= 11 is 1.67. The fourth-order valence-corrected chi connectivity index (χ4v) is 10.1. The van der Waals surface area contributed by atoms with Crippen molar-refractivity contribution in [1.82, 2.24) is 25.1 Å². The molecule has 1 saturated carbocycles. The number of anilines is 2. The topological polar surface area (TPSA) is 183 Å². The molecule has 1 unspecified atom stereocenters. The molecule has 2 aromatic heterocycles. The number of aryl methyl sites for hydroxylation is 1. The van der Waals surface area contributed by atoms with Gasteiger partial charge in [-0.3, -0.25) is 39.1 Å². The van der Waals surface area contributed by atoms with E-state index in [1.54, 1.807) is 55.5 Å². The van der Waals surface area contributed by atoms with Crippen LogP contribution < -0.4 is 16.0 Å². The quantitative estimate of drug-likeness (QED) is 0.101. The van der Waals surface area contributed by atoms with Crippen LogP contribution in [-0.4, -0.2) is 99.3 Å². The molecule has 5 heterocycles. The molecule has 0 radical (unpaired) electrons. The fourth-order valence-electron chi connectivity index (χ4n) is 8.92. The Bertz CT molecular complexity index is 2300. The summed E-state index contributed by atoms with van der Waals surface area (Å²) in [5.41, 5.74) is 2.99. The van der Waals surface area contributed by atoms with Gasteiger partial charge in [-0.1, -0.05) is 12.1 Å². The molecular weight excluding hydrogens is 771 g/mol. The average Bonchev–Trinajstić information content (AvgIpc) is 3.74. The summed E-state index contributed by atoms with van der Waals surface area (Å²) in [6, 6.07) is 13.3. The average molecular weight is 822 g/mol. The van der Waals surface area contributed by atoms with Gasteiger partial charge in [0.05, 0.1) is 44.7 Å². The Morgan fingerprint density at radius 2 is 1.80 bits per heavy atom. The van der Waals surface area contributed by atoms with Crippen molar-refractivity contribution in [3.05, 3.63) is 81.6 Å². The predicted molar refractivity (Wildman–Crippen MR) is 224 cm³/mol. The number of morpholine rings is 1. The number of fused-ring (bicyclic) bond motifs is 2. The van der Waals surface area contributed by atoms with Crippen molar-refractivity contribution in [3.63, 3.8) is 0 Å². The second kappa shape index (κ2) is 16.9. The highest BCUT2D eigenvalue weighted by Crippen LogP contribution is 2.42. The molecule has 0 spiro atoms. The number of hydrogen-bond donors (Lipinski definition) is 4. The first-order chi connectivity index (χ1) is 28.3. The Balaban J connectivity index is 0.815. The number of amides is 5. The van der Waals surface area contributed by atoms with Crippen LogP contribution >= 0.6 is 11.3 Å². The number of pyridine rings is 1. The van der Waals surface area contributed by atoms with E-state index in [1.165, 1.54) is 0 Å². The van der Waals surface area contributed by atoms with E-state index >= 15 is 0 Å². The molecule has 3 fully saturated rings. The van der Waals surface area contributed by atoms with Gasteiger partial charge >= 0.3 is 0 Å². The number of imide groups is 2. The van der Waals surface area contributed by atoms with Crippen molar-refractivity contribution in [1.29, 1.82) is 0 Å². The van der Waals surface area contributed by atoms with E-state index in [9.17, 15) is 29.1 Å². The zero-order valence-corrected chi connectivity index (χ0v) is 34.5. The van der Waals surface area contributed by atoms with Crippen LogP contribution in [-0.2, 0) is 19.9 Å². The van der Waals surface area contributed by atoms with Crippen molar-refractivity contribution in [2.75, 3.05) is 43.4 Å². The second-order valence-electron chi connectivity index (χ2n) is 16.8. The maximum absolute atomic E-state index is 13.4. The molecule has 1 aliphatic carbocycles. The van der Waals surface area contributed by atoms with Gasteiger partial charge in [0, 0.05) is 61.1 Å². The molecule has 4 N–H and O–H groups in total. The zero-order chi connectivity index (χ0) is 41.4. The molecule has 4 aliphatic rings. The lowest BCUT2D eigenvalue weighted by atomic mass is 9.82. The smallest absolute Gasteiger partial charge is 0.274 e. The van der Waals surface area contributed by atoms with Gasteiger partial charge < -0.3 is 20.5 Å². The number of thiazole rings is 1. The summed E-state index contributed by atoms with van der Waals surface area (Å²) < 4.78 is 7.13. The molecule has 15 heteroatoms. The lowest BCUT2D eigenvalue weighted by Crippen LogP contribution is -2.54.